The molecule has 0 bridgehead atoms. The third-order valence-electron chi connectivity index (χ3n) is 4.11. The Hall–Kier alpha value is -3.40. The first-order valence-electron chi connectivity index (χ1n) is 9.14. The summed E-state index contributed by atoms with van der Waals surface area (Å²) in [6.45, 7) is 1.97. The predicted molar refractivity (Wildman–Crippen MR) is 107 cm³/mol. The van der Waals surface area contributed by atoms with E-state index in [1.807, 2.05) is 12.1 Å². The zero-order chi connectivity index (χ0) is 20.5. The standard InChI is InChI=1S/C19H24N6O4/c1-27-10-8-21-18-14-11-24-25(19(14)23-13-22-18)9-7-20-17(26)12-29-16-6-4-3-5-15(16)28-2/h3-6,11,13H,7-10,12H2,1-2H3,(H,20,26)(H,21,22,23). The number of anilines is 1. The second kappa shape index (κ2) is 10.2. The van der Waals surface area contributed by atoms with Gasteiger partial charge in [-0.3, -0.25) is 4.79 Å². The highest BCUT2D eigenvalue weighted by atomic mass is 16.5. The van der Waals surface area contributed by atoms with Gasteiger partial charge in [0.05, 0.1) is 31.8 Å². The van der Waals surface area contributed by atoms with Crippen molar-refractivity contribution in [2.24, 2.45) is 0 Å². The third-order valence-corrected chi connectivity index (χ3v) is 4.11. The number of rotatable bonds is 11. The van der Waals surface area contributed by atoms with Crippen LogP contribution in [0.4, 0.5) is 5.82 Å². The molecule has 1 amide bonds. The molecular formula is C19H24N6O4. The maximum Gasteiger partial charge on any atom is 0.258 e. The maximum atomic E-state index is 12.1. The summed E-state index contributed by atoms with van der Waals surface area (Å²) < 4.78 is 17.5. The zero-order valence-electron chi connectivity index (χ0n) is 16.4. The van der Waals surface area contributed by atoms with Crippen LogP contribution in [0.15, 0.2) is 36.8 Å². The number of hydrogen-bond donors (Lipinski definition) is 2. The molecule has 0 aliphatic heterocycles. The van der Waals surface area contributed by atoms with Crippen molar-refractivity contribution in [3.63, 3.8) is 0 Å². The highest BCUT2D eigenvalue weighted by Gasteiger charge is 2.10. The highest BCUT2D eigenvalue weighted by Crippen LogP contribution is 2.25. The van der Waals surface area contributed by atoms with Gasteiger partial charge in [-0.15, -0.1) is 0 Å². The number of nitrogens with one attached hydrogen (secondary N) is 2. The van der Waals surface area contributed by atoms with Gasteiger partial charge in [0.15, 0.2) is 23.8 Å². The third kappa shape index (κ3) is 5.32. The first-order valence-corrected chi connectivity index (χ1v) is 9.14. The SMILES string of the molecule is COCCNc1ncnc2c1cnn2CCNC(=O)COc1ccccc1OC. The molecule has 2 heterocycles. The fourth-order valence-corrected chi connectivity index (χ4v) is 2.70. The Morgan fingerprint density at radius 1 is 1.14 bits per heavy atom. The van der Waals surface area contributed by atoms with Crippen molar-refractivity contribution in [1.82, 2.24) is 25.1 Å². The Morgan fingerprint density at radius 2 is 1.97 bits per heavy atom. The Kier molecular flexibility index (Phi) is 7.17. The maximum absolute atomic E-state index is 12.1. The zero-order valence-corrected chi connectivity index (χ0v) is 16.4. The minimum Gasteiger partial charge on any atom is -0.493 e. The van der Waals surface area contributed by atoms with Crippen molar-refractivity contribution in [2.45, 2.75) is 6.54 Å². The van der Waals surface area contributed by atoms with Crippen LogP contribution in [-0.2, 0) is 16.1 Å². The smallest absolute Gasteiger partial charge is 0.258 e. The van der Waals surface area contributed by atoms with Gasteiger partial charge in [0.1, 0.15) is 12.1 Å². The van der Waals surface area contributed by atoms with Gasteiger partial charge in [-0.1, -0.05) is 12.1 Å². The van der Waals surface area contributed by atoms with Crippen molar-refractivity contribution in [2.75, 3.05) is 45.8 Å². The highest BCUT2D eigenvalue weighted by molar-refractivity contribution is 5.86. The van der Waals surface area contributed by atoms with E-state index in [2.05, 4.69) is 25.7 Å². The minimum absolute atomic E-state index is 0.101. The van der Waals surface area contributed by atoms with E-state index < -0.39 is 0 Å². The molecule has 2 aromatic heterocycles. The number of carbonyl (C=O) groups excluding carboxylic acids is 1. The number of methoxy groups -OCH3 is 2. The average Bonchev–Trinajstić information content (AvgIpc) is 3.16. The summed E-state index contributed by atoms with van der Waals surface area (Å²) in [6.07, 6.45) is 3.19. The summed E-state index contributed by atoms with van der Waals surface area (Å²) in [4.78, 5) is 20.6. The van der Waals surface area contributed by atoms with E-state index in [4.69, 9.17) is 14.2 Å². The summed E-state index contributed by atoms with van der Waals surface area (Å²) in [7, 11) is 3.20. The lowest BCUT2D eigenvalue weighted by Gasteiger charge is -2.10. The lowest BCUT2D eigenvalue weighted by atomic mass is 10.3. The lowest BCUT2D eigenvalue weighted by molar-refractivity contribution is -0.123. The minimum atomic E-state index is -0.232. The van der Waals surface area contributed by atoms with E-state index in [1.165, 1.54) is 6.33 Å². The monoisotopic (exact) mass is 400 g/mol. The molecule has 10 nitrogen and oxygen atoms in total. The number of ether oxygens (including phenoxy) is 3. The number of amides is 1. The van der Waals surface area contributed by atoms with Crippen LogP contribution in [0.3, 0.4) is 0 Å². The summed E-state index contributed by atoms with van der Waals surface area (Å²) in [5.41, 5.74) is 0.694. The summed E-state index contributed by atoms with van der Waals surface area (Å²) in [5.74, 6) is 1.57. The number of fused-ring (bicyclic) bond motifs is 1. The van der Waals surface area contributed by atoms with Crippen molar-refractivity contribution in [3.8, 4) is 11.5 Å². The molecule has 0 fully saturated rings. The topological polar surface area (TPSA) is 112 Å². The predicted octanol–water partition coefficient (Wildman–Crippen LogP) is 1.09. The van der Waals surface area contributed by atoms with Gasteiger partial charge >= 0.3 is 0 Å². The van der Waals surface area contributed by atoms with E-state index in [1.54, 1.807) is 37.2 Å². The molecule has 0 saturated carbocycles. The molecule has 0 spiro atoms. The van der Waals surface area contributed by atoms with Gasteiger partial charge < -0.3 is 24.8 Å². The quantitative estimate of drug-likeness (QED) is 0.460. The van der Waals surface area contributed by atoms with Crippen molar-refractivity contribution in [3.05, 3.63) is 36.8 Å². The van der Waals surface area contributed by atoms with Crippen LogP contribution in [0.25, 0.3) is 11.0 Å². The Bertz CT molecular complexity index is 945. The van der Waals surface area contributed by atoms with Crippen molar-refractivity contribution >= 4 is 22.8 Å². The number of aromatic nitrogens is 4. The van der Waals surface area contributed by atoms with Crippen LogP contribution in [0.5, 0.6) is 11.5 Å². The second-order valence-electron chi connectivity index (χ2n) is 6.04. The molecule has 3 rings (SSSR count). The molecule has 10 heteroatoms. The van der Waals surface area contributed by atoms with Gasteiger partial charge in [0.25, 0.3) is 5.91 Å². The number of para-hydroxylation sites is 2. The molecule has 2 N–H and O–H groups in total. The van der Waals surface area contributed by atoms with Crippen LogP contribution < -0.4 is 20.1 Å². The average molecular weight is 400 g/mol. The molecule has 0 aliphatic rings. The normalized spacial score (nSPS) is 10.7. The van der Waals surface area contributed by atoms with Crippen LogP contribution in [-0.4, -0.2) is 66.2 Å². The molecular weight excluding hydrogens is 376 g/mol. The van der Waals surface area contributed by atoms with Gasteiger partial charge in [-0.05, 0) is 12.1 Å². The largest absolute Gasteiger partial charge is 0.493 e. The molecule has 154 valence electrons. The molecule has 0 radical (unpaired) electrons. The van der Waals surface area contributed by atoms with Crippen LogP contribution in [0, 0.1) is 0 Å². The molecule has 1 aromatic carbocycles. The lowest BCUT2D eigenvalue weighted by Crippen LogP contribution is -2.31. The Labute approximate surface area is 168 Å². The molecule has 0 unspecified atom stereocenters. The summed E-state index contributed by atoms with van der Waals surface area (Å²) >= 11 is 0. The summed E-state index contributed by atoms with van der Waals surface area (Å²) in [6, 6.07) is 7.18. The molecule has 0 saturated heterocycles. The van der Waals surface area contributed by atoms with Gasteiger partial charge in [0, 0.05) is 20.2 Å². The van der Waals surface area contributed by atoms with E-state index in [0.717, 1.165) is 5.39 Å². The molecule has 0 aliphatic carbocycles. The fourth-order valence-electron chi connectivity index (χ4n) is 2.70. The van der Waals surface area contributed by atoms with Crippen LogP contribution in [0.1, 0.15) is 0 Å². The van der Waals surface area contributed by atoms with E-state index in [9.17, 15) is 4.79 Å². The van der Waals surface area contributed by atoms with Gasteiger partial charge in [-0.2, -0.15) is 5.10 Å². The van der Waals surface area contributed by atoms with Crippen molar-refractivity contribution in [1.29, 1.82) is 0 Å². The first-order chi connectivity index (χ1) is 14.2. The van der Waals surface area contributed by atoms with Gasteiger partial charge in [-0.25, -0.2) is 14.6 Å². The number of hydrogen-bond acceptors (Lipinski definition) is 8. The number of benzene rings is 1. The molecule has 0 atom stereocenters. The van der Waals surface area contributed by atoms with E-state index in [0.29, 0.717) is 49.2 Å². The number of nitrogens with zero attached hydrogens (tertiary/aromatic N) is 4. The number of carbonyl (C=O) groups is 1. The van der Waals surface area contributed by atoms with E-state index in [-0.39, 0.29) is 12.5 Å². The van der Waals surface area contributed by atoms with Crippen LogP contribution >= 0.6 is 0 Å². The van der Waals surface area contributed by atoms with Gasteiger partial charge in [0.2, 0.25) is 0 Å². The van der Waals surface area contributed by atoms with Crippen LogP contribution in [0.2, 0.25) is 0 Å². The fraction of sp³-hybridized carbons (Fsp3) is 0.368. The Balaban J connectivity index is 1.50. The summed E-state index contributed by atoms with van der Waals surface area (Å²) in [5, 5.41) is 11.2. The Morgan fingerprint density at radius 3 is 2.76 bits per heavy atom. The molecule has 29 heavy (non-hydrogen) atoms. The van der Waals surface area contributed by atoms with Crippen molar-refractivity contribution < 1.29 is 19.0 Å². The molecule has 3 aromatic rings. The van der Waals surface area contributed by atoms with E-state index >= 15 is 0 Å². The second-order valence-corrected chi connectivity index (χ2v) is 6.04. The first kappa shape index (κ1) is 20.3.